The van der Waals surface area contributed by atoms with Crippen molar-refractivity contribution in [2.45, 2.75) is 45.4 Å². The first-order valence-corrected chi connectivity index (χ1v) is 12.5. The van der Waals surface area contributed by atoms with Crippen LogP contribution in [0.4, 0.5) is 0 Å². The third-order valence-electron chi connectivity index (χ3n) is 6.66. The van der Waals surface area contributed by atoms with Gasteiger partial charge < -0.3 is 19.5 Å². The van der Waals surface area contributed by atoms with Gasteiger partial charge in [0.05, 0.1) is 26.4 Å². The van der Waals surface area contributed by atoms with E-state index in [9.17, 15) is 9.59 Å². The molecule has 0 amide bonds. The maximum atomic E-state index is 13.7. The van der Waals surface area contributed by atoms with Crippen molar-refractivity contribution in [3.63, 3.8) is 0 Å². The third-order valence-corrected chi connectivity index (χ3v) is 6.89. The average molecular weight is 510 g/mol. The van der Waals surface area contributed by atoms with Gasteiger partial charge in [0.2, 0.25) is 0 Å². The summed E-state index contributed by atoms with van der Waals surface area (Å²) in [6.45, 7) is 6.14. The van der Waals surface area contributed by atoms with E-state index in [1.165, 1.54) is 0 Å². The van der Waals surface area contributed by atoms with Crippen molar-refractivity contribution < 1.29 is 23.8 Å². The quantitative estimate of drug-likeness (QED) is 0.467. The van der Waals surface area contributed by atoms with Crippen molar-refractivity contribution in [1.82, 2.24) is 5.32 Å². The monoisotopic (exact) mass is 509 g/mol. The molecule has 0 saturated heterocycles. The molecule has 1 N–H and O–H groups in total. The Bertz CT molecular complexity index is 1250. The summed E-state index contributed by atoms with van der Waals surface area (Å²) in [6.07, 6.45) is 0.944. The number of benzene rings is 2. The van der Waals surface area contributed by atoms with E-state index < -0.39 is 11.9 Å². The highest BCUT2D eigenvalue weighted by atomic mass is 35.5. The smallest absolute Gasteiger partial charge is 0.336 e. The number of nitrogens with one attached hydrogen (secondary N) is 1. The van der Waals surface area contributed by atoms with Gasteiger partial charge in [0.15, 0.2) is 17.3 Å². The maximum Gasteiger partial charge on any atom is 0.336 e. The van der Waals surface area contributed by atoms with Gasteiger partial charge in [-0.15, -0.1) is 0 Å². The molecule has 0 radical (unpaired) electrons. The number of rotatable bonds is 7. The molecular weight excluding hydrogens is 478 g/mol. The zero-order chi connectivity index (χ0) is 26.0. The average Bonchev–Trinajstić information content (AvgIpc) is 2.85. The molecule has 36 heavy (non-hydrogen) atoms. The van der Waals surface area contributed by atoms with Crippen LogP contribution in [0.5, 0.6) is 11.5 Å². The Hall–Kier alpha value is -3.25. The van der Waals surface area contributed by atoms with Crippen LogP contribution in [-0.2, 0) is 14.3 Å². The number of halogens is 1. The number of esters is 1. The highest BCUT2D eigenvalue weighted by Crippen LogP contribution is 2.46. The summed E-state index contributed by atoms with van der Waals surface area (Å²) in [5.74, 6) is 0.467. The van der Waals surface area contributed by atoms with Crippen LogP contribution >= 0.6 is 11.6 Å². The molecule has 2 unspecified atom stereocenters. The number of carbonyl (C=O) groups is 2. The lowest BCUT2D eigenvalue weighted by atomic mass is 9.71. The Morgan fingerprint density at radius 3 is 2.47 bits per heavy atom. The van der Waals surface area contributed by atoms with Crippen LogP contribution in [0, 0.1) is 5.92 Å². The van der Waals surface area contributed by atoms with E-state index in [0.29, 0.717) is 52.8 Å². The molecule has 2 aromatic rings. The van der Waals surface area contributed by atoms with Gasteiger partial charge in [-0.3, -0.25) is 4.79 Å². The van der Waals surface area contributed by atoms with E-state index in [2.05, 4.69) is 5.32 Å². The number of carbonyl (C=O) groups excluding carboxylic acids is 2. The van der Waals surface area contributed by atoms with Crippen LogP contribution in [0.3, 0.4) is 0 Å². The Balaban J connectivity index is 1.75. The first-order chi connectivity index (χ1) is 17.2. The van der Waals surface area contributed by atoms with Crippen molar-refractivity contribution in [3.05, 3.63) is 81.2 Å². The van der Waals surface area contributed by atoms with Gasteiger partial charge in [-0.1, -0.05) is 43.6 Å². The van der Waals surface area contributed by atoms with Crippen LogP contribution in [-0.4, -0.2) is 32.6 Å². The van der Waals surface area contributed by atoms with Crippen molar-refractivity contribution in [1.29, 1.82) is 0 Å². The maximum absolute atomic E-state index is 13.7. The molecule has 1 aliphatic heterocycles. The molecule has 0 spiro atoms. The summed E-state index contributed by atoms with van der Waals surface area (Å²) >= 11 is 6.33. The predicted octanol–water partition coefficient (Wildman–Crippen LogP) is 5.92. The fourth-order valence-corrected chi connectivity index (χ4v) is 5.19. The molecule has 6 nitrogen and oxygen atoms in total. The molecule has 2 aliphatic rings. The molecule has 2 atom stereocenters. The minimum absolute atomic E-state index is 0.00447. The lowest BCUT2D eigenvalue weighted by Gasteiger charge is -2.37. The predicted molar refractivity (Wildman–Crippen MR) is 139 cm³/mol. The Morgan fingerprint density at radius 2 is 1.81 bits per heavy atom. The minimum atomic E-state index is -0.543. The molecule has 0 saturated carbocycles. The number of hydrogen-bond donors (Lipinski definition) is 1. The number of Topliss-reactive ketones (excluding diaryl/α,β-unsaturated/α-hetero) is 1. The molecule has 4 rings (SSSR count). The standard InChI is InChI=1S/C29H32ClNO5/c1-16(2)15-36-29(33)26-17(3)31-22-12-20(18-9-10-24(34-4)25(14-18)35-5)13-23(32)28(22)27(26)19-7-6-8-21(30)11-19/h6-11,14,16,20,27,31H,12-13,15H2,1-5H3. The molecule has 0 aromatic heterocycles. The lowest BCUT2D eigenvalue weighted by Crippen LogP contribution is -2.36. The molecule has 190 valence electrons. The molecular formula is C29H32ClNO5. The second-order valence-corrected chi connectivity index (χ2v) is 10.1. The van der Waals surface area contributed by atoms with Crippen LogP contribution in [0.15, 0.2) is 65.0 Å². The summed E-state index contributed by atoms with van der Waals surface area (Å²) < 4.78 is 16.5. The largest absolute Gasteiger partial charge is 0.493 e. The van der Waals surface area contributed by atoms with Crippen molar-refractivity contribution in [3.8, 4) is 11.5 Å². The van der Waals surface area contributed by atoms with Gasteiger partial charge in [-0.05, 0) is 60.6 Å². The van der Waals surface area contributed by atoms with Crippen molar-refractivity contribution >= 4 is 23.4 Å². The topological polar surface area (TPSA) is 73.9 Å². The van der Waals surface area contributed by atoms with Gasteiger partial charge in [0, 0.05) is 34.3 Å². The third kappa shape index (κ3) is 5.14. The van der Waals surface area contributed by atoms with E-state index in [4.69, 9.17) is 25.8 Å². The van der Waals surface area contributed by atoms with E-state index in [0.717, 1.165) is 16.8 Å². The first kappa shape index (κ1) is 25.8. The van der Waals surface area contributed by atoms with Gasteiger partial charge in [-0.2, -0.15) is 0 Å². The second kappa shape index (κ2) is 10.8. The van der Waals surface area contributed by atoms with Crippen molar-refractivity contribution in [2.24, 2.45) is 5.92 Å². The SMILES string of the molecule is COc1ccc(C2CC(=O)C3=C(C2)NC(C)=C(C(=O)OCC(C)C)C3c2cccc(Cl)c2)cc1OC. The van der Waals surface area contributed by atoms with Gasteiger partial charge in [-0.25, -0.2) is 4.79 Å². The number of dihydropyridines is 1. The van der Waals surface area contributed by atoms with E-state index in [-0.39, 0.29) is 17.6 Å². The number of allylic oxidation sites excluding steroid dienone is 3. The van der Waals surface area contributed by atoms with Gasteiger partial charge in [0.25, 0.3) is 0 Å². The minimum Gasteiger partial charge on any atom is -0.493 e. The fraction of sp³-hybridized carbons (Fsp3) is 0.379. The van der Waals surface area contributed by atoms with Crippen LogP contribution in [0.1, 0.15) is 56.6 Å². The van der Waals surface area contributed by atoms with E-state index in [1.54, 1.807) is 20.3 Å². The number of hydrogen-bond acceptors (Lipinski definition) is 6. The second-order valence-electron chi connectivity index (χ2n) is 9.68. The summed E-state index contributed by atoms with van der Waals surface area (Å²) in [4.78, 5) is 27.0. The Kier molecular flexibility index (Phi) is 7.74. The summed E-state index contributed by atoms with van der Waals surface area (Å²) in [6, 6.07) is 13.1. The van der Waals surface area contributed by atoms with Crippen molar-refractivity contribution in [2.75, 3.05) is 20.8 Å². The lowest BCUT2D eigenvalue weighted by molar-refractivity contribution is -0.140. The molecule has 0 fully saturated rings. The van der Waals surface area contributed by atoms with E-state index >= 15 is 0 Å². The fourth-order valence-electron chi connectivity index (χ4n) is 4.99. The Morgan fingerprint density at radius 1 is 1.06 bits per heavy atom. The number of ketones is 1. The molecule has 0 bridgehead atoms. The van der Waals surface area contributed by atoms with Crippen LogP contribution in [0.2, 0.25) is 5.02 Å². The van der Waals surface area contributed by atoms with E-state index in [1.807, 2.05) is 57.2 Å². The summed E-state index contributed by atoms with van der Waals surface area (Å²) in [5.41, 5.74) is 4.37. The molecule has 1 aliphatic carbocycles. The first-order valence-electron chi connectivity index (χ1n) is 12.1. The molecule has 2 aromatic carbocycles. The highest BCUT2D eigenvalue weighted by molar-refractivity contribution is 6.30. The van der Waals surface area contributed by atoms with Gasteiger partial charge in [0.1, 0.15) is 0 Å². The number of methoxy groups -OCH3 is 2. The van der Waals surface area contributed by atoms with Crippen LogP contribution < -0.4 is 14.8 Å². The van der Waals surface area contributed by atoms with Gasteiger partial charge >= 0.3 is 5.97 Å². The molecule has 1 heterocycles. The normalized spacial score (nSPS) is 19.7. The summed E-state index contributed by atoms with van der Waals surface area (Å²) in [7, 11) is 3.19. The summed E-state index contributed by atoms with van der Waals surface area (Å²) in [5, 5.41) is 3.93. The zero-order valence-corrected chi connectivity index (χ0v) is 22.1. The highest BCUT2D eigenvalue weighted by Gasteiger charge is 2.41. The Labute approximate surface area is 217 Å². The van der Waals surface area contributed by atoms with Crippen LogP contribution in [0.25, 0.3) is 0 Å². The molecule has 7 heteroatoms. The zero-order valence-electron chi connectivity index (χ0n) is 21.3. The number of ether oxygens (including phenoxy) is 3.